The molecule has 3 rings (SSSR count). The van der Waals surface area contributed by atoms with Crippen molar-refractivity contribution < 1.29 is 58.8 Å². The van der Waals surface area contributed by atoms with Crippen LogP contribution in [-0.4, -0.2) is 195 Å². The van der Waals surface area contributed by atoms with E-state index in [0.717, 1.165) is 4.90 Å². The fourth-order valence-electron chi connectivity index (χ4n) is 7.74. The molecule has 9 unspecified atom stereocenters. The van der Waals surface area contributed by atoms with Gasteiger partial charge in [0.2, 0.25) is 41.4 Å². The van der Waals surface area contributed by atoms with E-state index in [1.165, 1.54) is 16.7 Å². The van der Waals surface area contributed by atoms with Crippen LogP contribution in [0.4, 0.5) is 0 Å². The highest BCUT2D eigenvalue weighted by Crippen LogP contribution is 2.23. The lowest BCUT2D eigenvalue weighted by molar-refractivity contribution is -0.151. The van der Waals surface area contributed by atoms with Gasteiger partial charge in [-0.2, -0.15) is 0 Å². The summed E-state index contributed by atoms with van der Waals surface area (Å²) in [6.45, 7) is 0.0896. The van der Waals surface area contributed by atoms with E-state index in [1.54, 1.807) is 0 Å². The minimum absolute atomic E-state index is 0.0309. The number of aliphatic carboxylic acids is 1. The van der Waals surface area contributed by atoms with Crippen molar-refractivity contribution in [2.75, 3.05) is 45.9 Å². The van der Waals surface area contributed by atoms with Gasteiger partial charge in [0.05, 0.1) is 19.3 Å². The summed E-state index contributed by atoms with van der Waals surface area (Å²) in [5, 5.41) is 49.5. The van der Waals surface area contributed by atoms with Gasteiger partial charge in [0.25, 0.3) is 0 Å². The predicted molar refractivity (Wildman–Crippen MR) is 223 cm³/mol. The van der Waals surface area contributed by atoms with Crippen molar-refractivity contribution in [2.45, 2.75) is 126 Å². The zero-order valence-corrected chi connectivity index (χ0v) is 35.4. The summed E-state index contributed by atoms with van der Waals surface area (Å²) in [7, 11) is 0. The number of carboxylic acids is 1. The third-order valence-corrected chi connectivity index (χ3v) is 11.0. The highest BCUT2D eigenvalue weighted by Gasteiger charge is 2.43. The first-order valence-corrected chi connectivity index (χ1v) is 20.9. The van der Waals surface area contributed by atoms with Crippen molar-refractivity contribution in [3.05, 3.63) is 0 Å². The summed E-state index contributed by atoms with van der Waals surface area (Å²) in [6, 6.07) is -10.5. The van der Waals surface area contributed by atoms with Crippen LogP contribution in [0.2, 0.25) is 0 Å². The maximum Gasteiger partial charge on any atom is 0.326 e. The third-order valence-electron chi connectivity index (χ3n) is 11.0. The Hall–Kier alpha value is -5.86. The number of likely N-dealkylation sites (tertiary alicyclic amines) is 3. The van der Waals surface area contributed by atoms with Crippen LogP contribution >= 0.6 is 0 Å². The topological polar surface area (TPSA) is 430 Å². The lowest BCUT2D eigenvalue weighted by Crippen LogP contribution is -2.61. The Kier molecular flexibility index (Phi) is 20.2. The molecule has 26 heteroatoms. The van der Waals surface area contributed by atoms with Crippen molar-refractivity contribution in [3.8, 4) is 0 Å². The molecule has 63 heavy (non-hydrogen) atoms. The highest BCUT2D eigenvalue weighted by molar-refractivity contribution is 5.98. The average Bonchev–Trinajstić information content (AvgIpc) is 4.04. The molecule has 0 radical (unpaired) electrons. The van der Waals surface area contributed by atoms with Gasteiger partial charge in [0, 0.05) is 32.7 Å². The SMILES string of the molecule is CC(O)C(NC(=O)C(CO)NC(=O)C(CCCN=C(N)N)NC(=O)C1CCCN1C(=O)C(CCCN=C(N)N)NC(=O)C1CCCN1C(=O)C(N)CO)C(=O)N1CCCC1C(=O)O. The van der Waals surface area contributed by atoms with Crippen LogP contribution < -0.4 is 49.9 Å². The molecule has 0 spiro atoms. The van der Waals surface area contributed by atoms with Gasteiger partial charge >= 0.3 is 5.97 Å². The second kappa shape index (κ2) is 24.7. The molecule has 0 aliphatic carbocycles. The van der Waals surface area contributed by atoms with E-state index < -0.39 is 115 Å². The molecule has 9 atom stereocenters. The number of amides is 7. The molecule has 0 saturated carbocycles. The summed E-state index contributed by atoms with van der Waals surface area (Å²) in [4.78, 5) is 118. The van der Waals surface area contributed by atoms with Gasteiger partial charge in [-0.3, -0.25) is 43.5 Å². The molecular weight excluding hydrogens is 832 g/mol. The van der Waals surface area contributed by atoms with Crippen LogP contribution in [0.25, 0.3) is 0 Å². The second-order valence-corrected chi connectivity index (χ2v) is 15.7. The number of carboxylic acid groups (broad SMARTS) is 1. The van der Waals surface area contributed by atoms with Crippen LogP contribution in [0.3, 0.4) is 0 Å². The monoisotopic (exact) mass is 896 g/mol. The van der Waals surface area contributed by atoms with Gasteiger partial charge in [-0.1, -0.05) is 0 Å². The minimum atomic E-state index is -1.71. The lowest BCUT2D eigenvalue weighted by atomic mass is 10.1. The normalized spacial score (nSPS) is 21.2. The summed E-state index contributed by atoms with van der Waals surface area (Å²) < 4.78 is 0. The lowest BCUT2D eigenvalue weighted by Gasteiger charge is -2.32. The Balaban J connectivity index is 1.80. The van der Waals surface area contributed by atoms with Crippen LogP contribution in [0.15, 0.2) is 9.98 Å². The van der Waals surface area contributed by atoms with Crippen molar-refractivity contribution >= 4 is 59.2 Å². The molecule has 0 aromatic carbocycles. The van der Waals surface area contributed by atoms with E-state index in [4.69, 9.17) is 28.7 Å². The van der Waals surface area contributed by atoms with Gasteiger partial charge in [0.1, 0.15) is 48.3 Å². The van der Waals surface area contributed by atoms with Crippen molar-refractivity contribution in [2.24, 2.45) is 38.7 Å². The maximum absolute atomic E-state index is 14.2. The zero-order valence-electron chi connectivity index (χ0n) is 35.4. The van der Waals surface area contributed by atoms with Gasteiger partial charge in [-0.25, -0.2) is 4.79 Å². The van der Waals surface area contributed by atoms with E-state index in [1.807, 2.05) is 0 Å². The summed E-state index contributed by atoms with van der Waals surface area (Å²) in [5.74, 6) is -7.26. The highest BCUT2D eigenvalue weighted by atomic mass is 16.4. The fourth-order valence-corrected chi connectivity index (χ4v) is 7.74. The second-order valence-electron chi connectivity index (χ2n) is 15.7. The van der Waals surface area contributed by atoms with E-state index >= 15 is 0 Å². The smallest absolute Gasteiger partial charge is 0.326 e. The number of nitrogens with zero attached hydrogens (tertiary/aromatic N) is 5. The quantitative estimate of drug-likeness (QED) is 0.0257. The Labute approximate surface area is 363 Å². The first kappa shape index (κ1) is 51.5. The predicted octanol–water partition coefficient (Wildman–Crippen LogP) is -7.22. The standard InChI is InChI=1S/C37H64N14O12/c1-19(54)27(34(61)51-16-6-11-26(51)35(62)63)48-29(56)23(18-53)47-28(55)21(7-2-12-43-36(39)40)45-30(57)25-10-5-15-50(25)33(60)22(8-3-13-44-37(41)42)46-31(58)24-9-4-14-49(24)32(59)20(38)17-52/h19-27,52-54H,2-18,38H2,1H3,(H,45,57)(H,46,58)(H,47,55)(H,48,56)(H,62,63)(H4,39,40,43)(H4,41,42,44). The molecule has 3 saturated heterocycles. The van der Waals surface area contributed by atoms with Crippen molar-refractivity contribution in [1.82, 2.24) is 36.0 Å². The minimum Gasteiger partial charge on any atom is -0.480 e. The molecule has 0 bridgehead atoms. The maximum atomic E-state index is 14.2. The Morgan fingerprint density at radius 1 is 0.619 bits per heavy atom. The average molecular weight is 897 g/mol. The number of guanidine groups is 2. The first-order chi connectivity index (χ1) is 29.8. The van der Waals surface area contributed by atoms with E-state index in [-0.39, 0.29) is 89.6 Å². The summed E-state index contributed by atoms with van der Waals surface area (Å²) >= 11 is 0. The number of nitrogens with two attached hydrogens (primary N) is 5. The molecule has 7 amide bonds. The Morgan fingerprint density at radius 2 is 1.06 bits per heavy atom. The van der Waals surface area contributed by atoms with Crippen molar-refractivity contribution in [1.29, 1.82) is 0 Å². The Bertz CT molecular complexity index is 1710. The number of carbonyl (C=O) groups excluding carboxylic acids is 7. The Morgan fingerprint density at radius 3 is 1.52 bits per heavy atom. The van der Waals surface area contributed by atoms with E-state index in [9.17, 15) is 58.8 Å². The van der Waals surface area contributed by atoms with Crippen LogP contribution in [0, 0.1) is 0 Å². The third kappa shape index (κ3) is 14.6. The number of rotatable bonds is 23. The van der Waals surface area contributed by atoms with Gasteiger partial charge in [-0.15, -0.1) is 0 Å². The van der Waals surface area contributed by atoms with E-state index in [2.05, 4.69) is 31.3 Å². The van der Waals surface area contributed by atoms with E-state index in [0.29, 0.717) is 19.3 Å². The van der Waals surface area contributed by atoms with Crippen LogP contribution in [-0.2, 0) is 38.4 Å². The molecule has 18 N–H and O–H groups in total. The van der Waals surface area contributed by atoms with Gasteiger partial charge < -0.3 is 85.1 Å². The van der Waals surface area contributed by atoms with Crippen LogP contribution in [0.5, 0.6) is 0 Å². The summed E-state index contributed by atoms with van der Waals surface area (Å²) in [6.07, 6.45) is 0.606. The van der Waals surface area contributed by atoms with Crippen molar-refractivity contribution in [3.63, 3.8) is 0 Å². The van der Waals surface area contributed by atoms with Crippen LogP contribution in [0.1, 0.15) is 71.1 Å². The molecule has 0 aromatic rings. The van der Waals surface area contributed by atoms with Gasteiger partial charge in [-0.05, 0) is 71.1 Å². The fraction of sp³-hybridized carbons (Fsp3) is 0.730. The van der Waals surface area contributed by atoms with Gasteiger partial charge in [0.15, 0.2) is 11.9 Å². The molecule has 3 aliphatic rings. The largest absolute Gasteiger partial charge is 0.480 e. The summed E-state index contributed by atoms with van der Waals surface area (Å²) in [5.41, 5.74) is 27.5. The molecule has 354 valence electrons. The zero-order chi connectivity index (χ0) is 47.0. The molecule has 26 nitrogen and oxygen atoms in total. The number of nitrogens with one attached hydrogen (secondary N) is 4. The number of hydrogen-bond donors (Lipinski definition) is 13. The number of aliphatic hydroxyl groups is 3. The first-order valence-electron chi connectivity index (χ1n) is 20.9. The molecule has 3 fully saturated rings. The number of hydrogen-bond acceptors (Lipinski definition) is 14. The molecule has 0 aromatic heterocycles. The number of aliphatic hydroxyl groups excluding tert-OH is 3. The molecular formula is C37H64N14O12. The number of aliphatic imine (C=N–C) groups is 2. The number of carbonyl (C=O) groups is 8. The molecule has 3 heterocycles. The molecule has 3 aliphatic heterocycles.